The second kappa shape index (κ2) is 7.31. The topological polar surface area (TPSA) is 56.8 Å². The SMILES string of the molecule is COc1cc(OC)cc(OCC(=O)Nc2ccccc2F)c1. The Morgan fingerprint density at radius 3 is 2.23 bits per heavy atom. The summed E-state index contributed by atoms with van der Waals surface area (Å²) >= 11 is 0. The number of para-hydroxylation sites is 1. The number of benzene rings is 2. The number of ether oxygens (including phenoxy) is 3. The molecule has 0 atom stereocenters. The number of hydrogen-bond acceptors (Lipinski definition) is 4. The van der Waals surface area contributed by atoms with Crippen molar-refractivity contribution in [1.29, 1.82) is 0 Å². The zero-order valence-electron chi connectivity index (χ0n) is 12.3. The molecule has 116 valence electrons. The van der Waals surface area contributed by atoms with Crippen LogP contribution >= 0.6 is 0 Å². The van der Waals surface area contributed by atoms with Crippen LogP contribution in [0.2, 0.25) is 0 Å². The minimum atomic E-state index is -0.501. The van der Waals surface area contributed by atoms with Gasteiger partial charge in [0.05, 0.1) is 19.9 Å². The van der Waals surface area contributed by atoms with Gasteiger partial charge in [-0.2, -0.15) is 0 Å². The second-order valence-electron chi connectivity index (χ2n) is 4.37. The summed E-state index contributed by atoms with van der Waals surface area (Å²) in [6.07, 6.45) is 0. The molecule has 2 rings (SSSR count). The van der Waals surface area contributed by atoms with Crippen molar-refractivity contribution in [3.8, 4) is 17.2 Å². The van der Waals surface area contributed by atoms with Crippen LogP contribution in [-0.4, -0.2) is 26.7 Å². The number of methoxy groups -OCH3 is 2. The van der Waals surface area contributed by atoms with Gasteiger partial charge in [0.1, 0.15) is 23.1 Å². The van der Waals surface area contributed by atoms with E-state index in [1.165, 1.54) is 26.4 Å². The third-order valence-corrected chi connectivity index (χ3v) is 2.84. The van der Waals surface area contributed by atoms with Crippen molar-refractivity contribution >= 4 is 11.6 Å². The third kappa shape index (κ3) is 4.12. The normalized spacial score (nSPS) is 9.95. The predicted molar refractivity (Wildman–Crippen MR) is 80.1 cm³/mol. The van der Waals surface area contributed by atoms with Crippen LogP contribution in [-0.2, 0) is 4.79 Å². The number of amides is 1. The number of nitrogens with one attached hydrogen (secondary N) is 1. The Morgan fingerprint density at radius 2 is 1.64 bits per heavy atom. The highest BCUT2D eigenvalue weighted by Gasteiger charge is 2.08. The average molecular weight is 305 g/mol. The summed E-state index contributed by atoms with van der Waals surface area (Å²) in [4.78, 5) is 11.8. The van der Waals surface area contributed by atoms with E-state index < -0.39 is 11.7 Å². The number of carbonyl (C=O) groups excluding carboxylic acids is 1. The van der Waals surface area contributed by atoms with Crippen molar-refractivity contribution in [3.63, 3.8) is 0 Å². The molecule has 0 aliphatic heterocycles. The van der Waals surface area contributed by atoms with Crippen molar-refractivity contribution in [2.24, 2.45) is 0 Å². The first-order valence-corrected chi connectivity index (χ1v) is 6.52. The molecule has 0 spiro atoms. The van der Waals surface area contributed by atoms with Gasteiger partial charge in [-0.1, -0.05) is 12.1 Å². The maximum atomic E-state index is 13.4. The Morgan fingerprint density at radius 1 is 1.05 bits per heavy atom. The maximum Gasteiger partial charge on any atom is 0.262 e. The Hall–Kier alpha value is -2.76. The fourth-order valence-electron chi connectivity index (χ4n) is 1.76. The molecule has 2 aromatic carbocycles. The van der Waals surface area contributed by atoms with Crippen LogP contribution in [0.15, 0.2) is 42.5 Å². The van der Waals surface area contributed by atoms with Gasteiger partial charge < -0.3 is 19.5 Å². The molecule has 6 heteroatoms. The largest absolute Gasteiger partial charge is 0.496 e. The lowest BCUT2D eigenvalue weighted by Gasteiger charge is -2.10. The smallest absolute Gasteiger partial charge is 0.262 e. The van der Waals surface area contributed by atoms with Crippen LogP contribution in [0.4, 0.5) is 10.1 Å². The van der Waals surface area contributed by atoms with Crippen molar-refractivity contribution < 1.29 is 23.4 Å². The van der Waals surface area contributed by atoms with E-state index in [2.05, 4.69) is 5.32 Å². The zero-order valence-corrected chi connectivity index (χ0v) is 12.3. The van der Waals surface area contributed by atoms with Crippen molar-refractivity contribution in [1.82, 2.24) is 0 Å². The molecule has 0 heterocycles. The van der Waals surface area contributed by atoms with E-state index in [4.69, 9.17) is 14.2 Å². The predicted octanol–water partition coefficient (Wildman–Crippen LogP) is 2.86. The molecule has 0 fully saturated rings. The van der Waals surface area contributed by atoms with Gasteiger partial charge in [-0.3, -0.25) is 4.79 Å². The molecule has 5 nitrogen and oxygen atoms in total. The summed E-state index contributed by atoms with van der Waals surface area (Å²) in [5.74, 6) is 0.540. The summed E-state index contributed by atoms with van der Waals surface area (Å²) in [7, 11) is 3.03. The molecule has 0 bridgehead atoms. The molecule has 22 heavy (non-hydrogen) atoms. The highest BCUT2D eigenvalue weighted by Crippen LogP contribution is 2.27. The first-order chi connectivity index (χ1) is 10.6. The van der Waals surface area contributed by atoms with E-state index in [1.807, 2.05) is 0 Å². The average Bonchev–Trinajstić information content (AvgIpc) is 2.54. The van der Waals surface area contributed by atoms with Gasteiger partial charge in [-0.05, 0) is 12.1 Å². The van der Waals surface area contributed by atoms with Crippen LogP contribution in [0, 0.1) is 5.82 Å². The van der Waals surface area contributed by atoms with Gasteiger partial charge in [0.2, 0.25) is 0 Å². The lowest BCUT2D eigenvalue weighted by Crippen LogP contribution is -2.20. The lowest BCUT2D eigenvalue weighted by molar-refractivity contribution is -0.118. The summed E-state index contributed by atoms with van der Waals surface area (Å²) in [5, 5.41) is 2.44. The Kier molecular flexibility index (Phi) is 5.19. The van der Waals surface area contributed by atoms with Gasteiger partial charge >= 0.3 is 0 Å². The minimum Gasteiger partial charge on any atom is -0.496 e. The van der Waals surface area contributed by atoms with Crippen LogP contribution < -0.4 is 19.5 Å². The Labute approximate surface area is 127 Å². The summed E-state index contributed by atoms with van der Waals surface area (Å²) < 4.78 is 29.0. The summed E-state index contributed by atoms with van der Waals surface area (Å²) in [5.41, 5.74) is 0.110. The standard InChI is InChI=1S/C16H16FNO4/c1-20-11-7-12(21-2)9-13(8-11)22-10-16(19)18-15-6-4-3-5-14(15)17/h3-9H,10H2,1-2H3,(H,18,19). The van der Waals surface area contributed by atoms with Gasteiger partial charge in [0, 0.05) is 18.2 Å². The van der Waals surface area contributed by atoms with Crippen LogP contribution in [0.3, 0.4) is 0 Å². The molecule has 0 saturated heterocycles. The Balaban J connectivity index is 1.98. The van der Waals surface area contributed by atoms with Gasteiger partial charge in [0.15, 0.2) is 6.61 Å². The molecule has 1 N–H and O–H groups in total. The third-order valence-electron chi connectivity index (χ3n) is 2.84. The first-order valence-electron chi connectivity index (χ1n) is 6.52. The molecule has 1 amide bonds. The zero-order chi connectivity index (χ0) is 15.9. The highest BCUT2D eigenvalue weighted by molar-refractivity contribution is 5.91. The molecule has 0 aromatic heterocycles. The molecular weight excluding hydrogens is 289 g/mol. The summed E-state index contributed by atoms with van der Waals surface area (Å²) in [6, 6.07) is 10.9. The molecular formula is C16H16FNO4. The van der Waals surface area contributed by atoms with E-state index in [9.17, 15) is 9.18 Å². The first kappa shape index (κ1) is 15.6. The van der Waals surface area contributed by atoms with E-state index in [-0.39, 0.29) is 12.3 Å². The molecule has 0 aliphatic rings. The van der Waals surface area contributed by atoms with Crippen LogP contribution in [0.5, 0.6) is 17.2 Å². The lowest BCUT2D eigenvalue weighted by atomic mass is 10.3. The number of hydrogen-bond donors (Lipinski definition) is 1. The molecule has 0 saturated carbocycles. The summed E-state index contributed by atoms with van der Waals surface area (Å²) in [6.45, 7) is -0.259. The fourth-order valence-corrected chi connectivity index (χ4v) is 1.76. The van der Waals surface area contributed by atoms with E-state index in [0.717, 1.165) is 0 Å². The second-order valence-corrected chi connectivity index (χ2v) is 4.37. The number of carbonyl (C=O) groups is 1. The van der Waals surface area contributed by atoms with Crippen molar-refractivity contribution in [3.05, 3.63) is 48.3 Å². The quantitative estimate of drug-likeness (QED) is 0.891. The Bertz CT molecular complexity index is 638. The molecule has 0 unspecified atom stereocenters. The van der Waals surface area contributed by atoms with Gasteiger partial charge in [-0.25, -0.2) is 4.39 Å². The molecule has 0 radical (unpaired) electrons. The number of anilines is 1. The number of halogens is 1. The van der Waals surface area contributed by atoms with Gasteiger partial charge in [0.25, 0.3) is 5.91 Å². The van der Waals surface area contributed by atoms with Crippen LogP contribution in [0.25, 0.3) is 0 Å². The molecule has 0 aliphatic carbocycles. The fraction of sp³-hybridized carbons (Fsp3) is 0.188. The van der Waals surface area contributed by atoms with E-state index in [0.29, 0.717) is 17.2 Å². The monoisotopic (exact) mass is 305 g/mol. The van der Waals surface area contributed by atoms with Crippen molar-refractivity contribution in [2.75, 3.05) is 26.1 Å². The van der Waals surface area contributed by atoms with Crippen LogP contribution in [0.1, 0.15) is 0 Å². The van der Waals surface area contributed by atoms with Crippen molar-refractivity contribution in [2.45, 2.75) is 0 Å². The minimum absolute atomic E-state index is 0.110. The van der Waals surface area contributed by atoms with E-state index in [1.54, 1.807) is 30.3 Å². The van der Waals surface area contributed by atoms with E-state index >= 15 is 0 Å². The number of rotatable bonds is 6. The van der Waals surface area contributed by atoms with Gasteiger partial charge in [-0.15, -0.1) is 0 Å². The molecule has 2 aromatic rings. The highest BCUT2D eigenvalue weighted by atomic mass is 19.1. The maximum absolute atomic E-state index is 13.4.